The van der Waals surface area contributed by atoms with Crippen molar-refractivity contribution >= 4 is 0 Å². The number of hydrogen-bond acceptors (Lipinski definition) is 1. The van der Waals surface area contributed by atoms with E-state index in [1.165, 1.54) is 44.1 Å². The van der Waals surface area contributed by atoms with Gasteiger partial charge in [-0.15, -0.1) is 0 Å². The summed E-state index contributed by atoms with van der Waals surface area (Å²) in [6, 6.07) is 9.94. The van der Waals surface area contributed by atoms with Crippen molar-refractivity contribution in [2.75, 3.05) is 0 Å². The highest BCUT2D eigenvalue weighted by atomic mass is 14.9. The van der Waals surface area contributed by atoms with Gasteiger partial charge < -0.3 is 5.32 Å². The van der Waals surface area contributed by atoms with Crippen molar-refractivity contribution in [1.29, 1.82) is 0 Å². The molecule has 0 amide bonds. The zero-order valence-corrected chi connectivity index (χ0v) is 12.4. The fraction of sp³-hybridized carbons (Fsp3) is 0.667. The molecule has 1 aromatic rings. The molecule has 0 aliphatic heterocycles. The van der Waals surface area contributed by atoms with Crippen LogP contribution in [0.5, 0.6) is 0 Å². The topological polar surface area (TPSA) is 12.0 Å². The van der Waals surface area contributed by atoms with Crippen LogP contribution in [0.4, 0.5) is 0 Å². The summed E-state index contributed by atoms with van der Waals surface area (Å²) in [7, 11) is 0. The smallest absolute Gasteiger partial charge is 0.0208 e. The average Bonchev–Trinajstić information content (AvgIpc) is 3.22. The molecule has 2 fully saturated rings. The Balaban J connectivity index is 1.50. The van der Waals surface area contributed by atoms with Crippen LogP contribution in [0.15, 0.2) is 24.3 Å². The van der Waals surface area contributed by atoms with E-state index < -0.39 is 0 Å². The largest absolute Gasteiger partial charge is 0.310 e. The average molecular weight is 257 g/mol. The summed E-state index contributed by atoms with van der Waals surface area (Å²) in [5, 5.41) is 3.76. The molecule has 0 aromatic heterocycles. The monoisotopic (exact) mass is 257 g/mol. The van der Waals surface area contributed by atoms with E-state index in [0.717, 1.165) is 18.5 Å². The number of nitrogens with one attached hydrogen (secondary N) is 1. The molecule has 0 saturated heterocycles. The maximum absolute atomic E-state index is 3.76. The predicted octanol–water partition coefficient (Wildman–Crippen LogP) is 4.62. The van der Waals surface area contributed by atoms with Gasteiger partial charge in [-0.3, -0.25) is 0 Å². The molecule has 1 aromatic carbocycles. The summed E-state index contributed by atoms with van der Waals surface area (Å²) >= 11 is 0. The van der Waals surface area contributed by atoms with Gasteiger partial charge in [-0.25, -0.2) is 0 Å². The van der Waals surface area contributed by atoms with Gasteiger partial charge in [0, 0.05) is 12.6 Å². The van der Waals surface area contributed by atoms with E-state index in [4.69, 9.17) is 0 Å². The third kappa shape index (κ3) is 3.60. The van der Waals surface area contributed by atoms with Crippen LogP contribution in [-0.4, -0.2) is 6.04 Å². The van der Waals surface area contributed by atoms with Gasteiger partial charge in [0.2, 0.25) is 0 Å². The lowest BCUT2D eigenvalue weighted by atomic mass is 9.75. The number of rotatable bonds is 4. The molecule has 0 radical (unpaired) electrons. The molecule has 2 aliphatic rings. The Morgan fingerprint density at radius 1 is 1.11 bits per heavy atom. The van der Waals surface area contributed by atoms with Gasteiger partial charge in [0.25, 0.3) is 0 Å². The summed E-state index contributed by atoms with van der Waals surface area (Å²) in [4.78, 5) is 0. The molecule has 0 heterocycles. The SMILES string of the molecule is CC1(C)CCC(NCc2cccc(C3CC3)c2)CC1. The lowest BCUT2D eigenvalue weighted by Crippen LogP contribution is -2.35. The van der Waals surface area contributed by atoms with Gasteiger partial charge in [0.1, 0.15) is 0 Å². The fourth-order valence-corrected chi connectivity index (χ4v) is 3.24. The van der Waals surface area contributed by atoms with Gasteiger partial charge in [-0.1, -0.05) is 38.1 Å². The normalized spacial score (nSPS) is 23.5. The van der Waals surface area contributed by atoms with Gasteiger partial charge in [-0.2, -0.15) is 0 Å². The molecule has 1 nitrogen and oxygen atoms in total. The Bertz CT molecular complexity index is 421. The van der Waals surface area contributed by atoms with E-state index in [2.05, 4.69) is 43.4 Å². The minimum atomic E-state index is 0.573. The van der Waals surface area contributed by atoms with Crippen LogP contribution in [0.2, 0.25) is 0 Å². The van der Waals surface area contributed by atoms with E-state index >= 15 is 0 Å². The van der Waals surface area contributed by atoms with Crippen molar-refractivity contribution in [1.82, 2.24) is 5.32 Å². The first kappa shape index (κ1) is 13.2. The zero-order chi connectivity index (χ0) is 13.3. The van der Waals surface area contributed by atoms with E-state index in [1.807, 2.05) is 0 Å². The molecule has 0 unspecified atom stereocenters. The maximum Gasteiger partial charge on any atom is 0.0208 e. The molecular weight excluding hydrogens is 230 g/mol. The summed E-state index contributed by atoms with van der Waals surface area (Å²) in [5.74, 6) is 0.871. The van der Waals surface area contributed by atoms with Gasteiger partial charge in [0.15, 0.2) is 0 Å². The molecule has 2 saturated carbocycles. The Labute approximate surface area is 117 Å². The second kappa shape index (κ2) is 5.28. The molecule has 3 rings (SSSR count). The third-order valence-electron chi connectivity index (χ3n) is 4.93. The molecule has 1 heteroatoms. The molecule has 0 bridgehead atoms. The minimum Gasteiger partial charge on any atom is -0.310 e. The van der Waals surface area contributed by atoms with E-state index in [-0.39, 0.29) is 0 Å². The standard InChI is InChI=1S/C18H27N/c1-18(2)10-8-17(9-11-18)19-13-14-4-3-5-16(12-14)15-6-7-15/h3-5,12,15,17,19H,6-11,13H2,1-2H3. The van der Waals surface area contributed by atoms with Gasteiger partial charge >= 0.3 is 0 Å². The summed E-state index contributed by atoms with van der Waals surface area (Å²) in [6.07, 6.45) is 8.22. The molecule has 2 aliphatic carbocycles. The first-order valence-electron chi connectivity index (χ1n) is 7.95. The Morgan fingerprint density at radius 2 is 1.84 bits per heavy atom. The predicted molar refractivity (Wildman–Crippen MR) is 81.3 cm³/mol. The molecular formula is C18H27N. The highest BCUT2D eigenvalue weighted by molar-refractivity contribution is 5.29. The number of hydrogen-bond donors (Lipinski definition) is 1. The zero-order valence-electron chi connectivity index (χ0n) is 12.4. The highest BCUT2D eigenvalue weighted by Gasteiger charge is 2.26. The van der Waals surface area contributed by atoms with Gasteiger partial charge in [-0.05, 0) is 61.0 Å². The summed E-state index contributed by atoms with van der Waals surface area (Å²) in [6.45, 7) is 5.86. The first-order valence-corrected chi connectivity index (χ1v) is 7.95. The lowest BCUT2D eigenvalue weighted by molar-refractivity contribution is 0.206. The first-order chi connectivity index (χ1) is 9.12. The number of benzene rings is 1. The molecule has 0 spiro atoms. The third-order valence-corrected chi connectivity index (χ3v) is 4.93. The lowest BCUT2D eigenvalue weighted by Gasteiger charge is -2.34. The van der Waals surface area contributed by atoms with Crippen LogP contribution in [0.25, 0.3) is 0 Å². The Hall–Kier alpha value is -0.820. The second-order valence-corrected chi connectivity index (χ2v) is 7.34. The van der Waals surface area contributed by atoms with E-state index in [0.29, 0.717) is 5.41 Å². The van der Waals surface area contributed by atoms with Crippen molar-refractivity contribution in [3.63, 3.8) is 0 Å². The summed E-state index contributed by atoms with van der Waals surface area (Å²) < 4.78 is 0. The van der Waals surface area contributed by atoms with Gasteiger partial charge in [0.05, 0.1) is 0 Å². The van der Waals surface area contributed by atoms with Crippen molar-refractivity contribution in [2.45, 2.75) is 70.9 Å². The van der Waals surface area contributed by atoms with Crippen molar-refractivity contribution < 1.29 is 0 Å². The van der Waals surface area contributed by atoms with Crippen LogP contribution >= 0.6 is 0 Å². The molecule has 0 atom stereocenters. The molecule has 19 heavy (non-hydrogen) atoms. The quantitative estimate of drug-likeness (QED) is 0.829. The van der Waals surface area contributed by atoms with Crippen molar-refractivity contribution in [3.8, 4) is 0 Å². The van der Waals surface area contributed by atoms with E-state index in [1.54, 1.807) is 5.56 Å². The Kier molecular flexibility index (Phi) is 3.66. The van der Waals surface area contributed by atoms with Crippen molar-refractivity contribution in [2.24, 2.45) is 5.41 Å². The minimum absolute atomic E-state index is 0.573. The van der Waals surface area contributed by atoms with E-state index in [9.17, 15) is 0 Å². The van der Waals surface area contributed by atoms with Crippen LogP contribution < -0.4 is 5.32 Å². The molecule has 1 N–H and O–H groups in total. The van der Waals surface area contributed by atoms with Crippen molar-refractivity contribution in [3.05, 3.63) is 35.4 Å². The van der Waals surface area contributed by atoms with Crippen LogP contribution in [0.3, 0.4) is 0 Å². The maximum atomic E-state index is 3.76. The fourth-order valence-electron chi connectivity index (χ4n) is 3.24. The van der Waals surface area contributed by atoms with Crippen LogP contribution in [0.1, 0.15) is 69.4 Å². The second-order valence-electron chi connectivity index (χ2n) is 7.34. The van der Waals surface area contributed by atoms with Crippen LogP contribution in [-0.2, 0) is 6.54 Å². The summed E-state index contributed by atoms with van der Waals surface area (Å²) in [5.41, 5.74) is 3.60. The van der Waals surface area contributed by atoms with Crippen LogP contribution in [0, 0.1) is 5.41 Å². The highest BCUT2D eigenvalue weighted by Crippen LogP contribution is 2.40. The Morgan fingerprint density at radius 3 is 2.53 bits per heavy atom. The molecule has 104 valence electrons.